The van der Waals surface area contributed by atoms with Gasteiger partial charge < -0.3 is 4.98 Å². The van der Waals surface area contributed by atoms with Crippen LogP contribution in [-0.2, 0) is 6.18 Å². The number of H-pyrrole nitrogens is 1. The number of nitrogens with one attached hydrogen (secondary N) is 2. The topological polar surface area (TPSA) is 40.2 Å². The van der Waals surface area contributed by atoms with E-state index in [2.05, 4.69) is 15.5 Å². The molecule has 0 saturated heterocycles. The number of aryl methyl sites for hydroxylation is 2. The molecule has 2 rings (SSSR count). The molecular formula is C14H14F3N3. The number of hydrogen-bond donors (Lipinski definition) is 2. The Balaban J connectivity index is 2.18. The summed E-state index contributed by atoms with van der Waals surface area (Å²) in [6, 6.07) is 7.10. The van der Waals surface area contributed by atoms with Gasteiger partial charge in [0.05, 0.1) is 17.5 Å². The lowest BCUT2D eigenvalue weighted by atomic mass is 10.2. The van der Waals surface area contributed by atoms with Crippen LogP contribution in [0.2, 0.25) is 0 Å². The molecule has 0 unspecified atom stereocenters. The molecule has 2 aromatic rings. The maximum atomic E-state index is 12.8. The van der Waals surface area contributed by atoms with Gasteiger partial charge in [0.1, 0.15) is 0 Å². The summed E-state index contributed by atoms with van der Waals surface area (Å²) < 4.78 is 38.3. The largest absolute Gasteiger partial charge is 0.418 e. The second kappa shape index (κ2) is 5.40. The standard InChI is InChI=1S/C14H14F3N3/c1-9-7-11(10(2)19-9)8-18-20-13-6-4-3-5-12(13)14(15,16)17/h3-8,19-20H,1-2H3/b18-8+. The first-order chi connectivity index (χ1) is 9.38. The predicted molar refractivity (Wildman–Crippen MR) is 72.9 cm³/mol. The van der Waals surface area contributed by atoms with Crippen molar-refractivity contribution in [2.24, 2.45) is 5.10 Å². The van der Waals surface area contributed by atoms with Crippen LogP contribution >= 0.6 is 0 Å². The third kappa shape index (κ3) is 3.20. The molecule has 0 atom stereocenters. The normalized spacial score (nSPS) is 12.1. The maximum Gasteiger partial charge on any atom is 0.418 e. The van der Waals surface area contributed by atoms with Crippen molar-refractivity contribution in [3.05, 3.63) is 52.8 Å². The molecule has 0 aliphatic rings. The number of nitrogens with zero attached hydrogens (tertiary/aromatic N) is 1. The Kier molecular flexibility index (Phi) is 3.83. The van der Waals surface area contributed by atoms with Crippen LogP contribution in [0.4, 0.5) is 18.9 Å². The lowest BCUT2D eigenvalue weighted by Gasteiger charge is -2.11. The lowest BCUT2D eigenvalue weighted by Crippen LogP contribution is -2.08. The number of alkyl halides is 3. The van der Waals surface area contributed by atoms with Crippen molar-refractivity contribution in [1.29, 1.82) is 0 Å². The molecule has 0 radical (unpaired) electrons. The predicted octanol–water partition coefficient (Wildman–Crippen LogP) is 4.10. The number of anilines is 1. The van der Waals surface area contributed by atoms with E-state index in [-0.39, 0.29) is 5.69 Å². The Hall–Kier alpha value is -2.24. The smallest absolute Gasteiger partial charge is 0.362 e. The third-order valence-electron chi connectivity index (χ3n) is 2.81. The first-order valence-electron chi connectivity index (χ1n) is 5.99. The molecule has 0 spiro atoms. The number of aromatic amines is 1. The number of benzene rings is 1. The Morgan fingerprint density at radius 2 is 1.90 bits per heavy atom. The van der Waals surface area contributed by atoms with Crippen molar-refractivity contribution in [3.8, 4) is 0 Å². The Bertz CT molecular complexity index is 627. The van der Waals surface area contributed by atoms with E-state index in [1.165, 1.54) is 24.4 Å². The highest BCUT2D eigenvalue weighted by Crippen LogP contribution is 2.34. The van der Waals surface area contributed by atoms with Crippen molar-refractivity contribution < 1.29 is 13.2 Å². The molecular weight excluding hydrogens is 267 g/mol. The van der Waals surface area contributed by atoms with E-state index in [1.54, 1.807) is 0 Å². The summed E-state index contributed by atoms with van der Waals surface area (Å²) >= 11 is 0. The van der Waals surface area contributed by atoms with Gasteiger partial charge in [-0.05, 0) is 32.0 Å². The molecule has 0 fully saturated rings. The molecule has 0 amide bonds. The van der Waals surface area contributed by atoms with E-state index in [0.29, 0.717) is 0 Å². The second-order valence-electron chi connectivity index (χ2n) is 4.45. The zero-order chi connectivity index (χ0) is 14.8. The van der Waals surface area contributed by atoms with Crippen molar-refractivity contribution >= 4 is 11.9 Å². The Morgan fingerprint density at radius 3 is 2.50 bits per heavy atom. The number of halogens is 3. The first-order valence-corrected chi connectivity index (χ1v) is 5.99. The van der Waals surface area contributed by atoms with Gasteiger partial charge in [0.2, 0.25) is 0 Å². The summed E-state index contributed by atoms with van der Waals surface area (Å²) in [5, 5.41) is 3.87. The fourth-order valence-corrected chi connectivity index (χ4v) is 1.88. The molecule has 6 heteroatoms. The minimum Gasteiger partial charge on any atom is -0.362 e. The van der Waals surface area contributed by atoms with Gasteiger partial charge in [-0.15, -0.1) is 0 Å². The number of hydrogen-bond acceptors (Lipinski definition) is 2. The van der Waals surface area contributed by atoms with Crippen molar-refractivity contribution in [2.45, 2.75) is 20.0 Å². The van der Waals surface area contributed by atoms with Crippen LogP contribution in [0.1, 0.15) is 22.5 Å². The molecule has 0 aliphatic carbocycles. The molecule has 106 valence electrons. The zero-order valence-electron chi connectivity index (χ0n) is 11.0. The summed E-state index contributed by atoms with van der Waals surface area (Å²) in [5.41, 5.74) is 4.35. The van der Waals surface area contributed by atoms with Gasteiger partial charge in [0, 0.05) is 17.0 Å². The highest BCUT2D eigenvalue weighted by molar-refractivity contribution is 5.82. The minimum atomic E-state index is -4.40. The van der Waals surface area contributed by atoms with Gasteiger partial charge in [-0.1, -0.05) is 12.1 Å². The van der Waals surface area contributed by atoms with Crippen molar-refractivity contribution in [2.75, 3.05) is 5.43 Å². The van der Waals surface area contributed by atoms with Crippen LogP contribution < -0.4 is 5.43 Å². The SMILES string of the molecule is Cc1cc(/C=N/Nc2ccccc2C(F)(F)F)c(C)[nH]1. The number of rotatable bonds is 3. The summed E-state index contributed by atoms with van der Waals surface area (Å²) in [6.07, 6.45) is -2.91. The van der Waals surface area contributed by atoms with Crippen LogP contribution in [0.15, 0.2) is 35.4 Å². The number of hydrazone groups is 1. The van der Waals surface area contributed by atoms with Crippen molar-refractivity contribution in [1.82, 2.24) is 4.98 Å². The molecule has 0 aliphatic heterocycles. The Labute approximate surface area is 114 Å². The van der Waals surface area contributed by atoms with E-state index < -0.39 is 11.7 Å². The van der Waals surface area contributed by atoms with Crippen LogP contribution in [0, 0.1) is 13.8 Å². The van der Waals surface area contributed by atoms with E-state index in [1.807, 2.05) is 19.9 Å². The van der Waals surface area contributed by atoms with Gasteiger partial charge >= 0.3 is 6.18 Å². The molecule has 0 bridgehead atoms. The maximum absolute atomic E-state index is 12.8. The summed E-state index contributed by atoms with van der Waals surface area (Å²) in [7, 11) is 0. The van der Waals surface area contributed by atoms with Gasteiger partial charge in [-0.2, -0.15) is 18.3 Å². The average Bonchev–Trinajstić information content (AvgIpc) is 2.67. The molecule has 3 nitrogen and oxygen atoms in total. The second-order valence-corrected chi connectivity index (χ2v) is 4.45. The lowest BCUT2D eigenvalue weighted by molar-refractivity contribution is -0.136. The van der Waals surface area contributed by atoms with Gasteiger partial charge in [-0.3, -0.25) is 5.43 Å². The molecule has 20 heavy (non-hydrogen) atoms. The highest BCUT2D eigenvalue weighted by atomic mass is 19.4. The van der Waals surface area contributed by atoms with Crippen LogP contribution in [-0.4, -0.2) is 11.2 Å². The van der Waals surface area contributed by atoms with Crippen LogP contribution in [0.3, 0.4) is 0 Å². The number of aromatic nitrogens is 1. The summed E-state index contributed by atoms with van der Waals surface area (Å²) in [4.78, 5) is 3.09. The molecule has 2 N–H and O–H groups in total. The molecule has 0 saturated carbocycles. The van der Waals surface area contributed by atoms with Crippen molar-refractivity contribution in [3.63, 3.8) is 0 Å². The fourth-order valence-electron chi connectivity index (χ4n) is 1.88. The van der Waals surface area contributed by atoms with E-state index in [9.17, 15) is 13.2 Å². The molecule has 1 aromatic carbocycles. The summed E-state index contributed by atoms with van der Waals surface area (Å²) in [6.45, 7) is 3.77. The van der Waals surface area contributed by atoms with Gasteiger partial charge in [-0.25, -0.2) is 0 Å². The quantitative estimate of drug-likeness (QED) is 0.645. The minimum absolute atomic E-state index is 0.0684. The zero-order valence-corrected chi connectivity index (χ0v) is 11.0. The van der Waals surface area contributed by atoms with E-state index >= 15 is 0 Å². The summed E-state index contributed by atoms with van der Waals surface area (Å²) in [5.74, 6) is 0. The van der Waals surface area contributed by atoms with E-state index in [0.717, 1.165) is 23.0 Å². The molecule has 1 heterocycles. The first kappa shape index (κ1) is 14.2. The average molecular weight is 281 g/mol. The van der Waals surface area contributed by atoms with Gasteiger partial charge in [0.25, 0.3) is 0 Å². The van der Waals surface area contributed by atoms with Crippen LogP contribution in [0.5, 0.6) is 0 Å². The fraction of sp³-hybridized carbons (Fsp3) is 0.214. The van der Waals surface area contributed by atoms with Gasteiger partial charge in [0.15, 0.2) is 0 Å². The monoisotopic (exact) mass is 281 g/mol. The van der Waals surface area contributed by atoms with E-state index in [4.69, 9.17) is 0 Å². The Morgan fingerprint density at radius 1 is 1.20 bits per heavy atom. The molecule has 1 aromatic heterocycles. The highest BCUT2D eigenvalue weighted by Gasteiger charge is 2.33. The van der Waals surface area contributed by atoms with Crippen LogP contribution in [0.25, 0.3) is 0 Å². The number of para-hydroxylation sites is 1. The third-order valence-corrected chi connectivity index (χ3v) is 2.81.